The first-order valence-electron chi connectivity index (χ1n) is 5.01. The monoisotopic (exact) mass is 284 g/mol. The number of alkyl halides is 1. The van der Waals surface area contributed by atoms with E-state index in [1.807, 2.05) is 6.92 Å². The number of ether oxygens (including phenoxy) is 1. The molecule has 3 nitrogen and oxygen atoms in total. The van der Waals surface area contributed by atoms with Gasteiger partial charge in [-0.1, -0.05) is 28.1 Å². The Kier molecular flexibility index (Phi) is 4.68. The summed E-state index contributed by atoms with van der Waals surface area (Å²) in [6.45, 7) is 4.01. The maximum absolute atomic E-state index is 11.9. The number of carbonyl (C=O) groups excluding carboxylic acids is 2. The molecule has 16 heavy (non-hydrogen) atoms. The fourth-order valence-corrected chi connectivity index (χ4v) is 1.61. The highest BCUT2D eigenvalue weighted by Gasteiger charge is 2.20. The number of carbonyl (C=O) groups is 2. The number of hydrogen-bond donors (Lipinski definition) is 0. The van der Waals surface area contributed by atoms with Gasteiger partial charge in [0.2, 0.25) is 0 Å². The van der Waals surface area contributed by atoms with E-state index in [4.69, 9.17) is 4.74 Å². The number of aldehydes is 1. The van der Waals surface area contributed by atoms with Gasteiger partial charge in [-0.05, 0) is 19.9 Å². The summed E-state index contributed by atoms with van der Waals surface area (Å²) in [5.41, 5.74) is 0.714. The van der Waals surface area contributed by atoms with Crippen molar-refractivity contribution in [2.24, 2.45) is 0 Å². The Morgan fingerprint density at radius 1 is 1.56 bits per heavy atom. The van der Waals surface area contributed by atoms with Gasteiger partial charge in [0.05, 0.1) is 17.0 Å². The summed E-state index contributed by atoms with van der Waals surface area (Å²) in [6.07, 6.45) is 0.672. The van der Waals surface area contributed by atoms with E-state index >= 15 is 0 Å². The van der Waals surface area contributed by atoms with Crippen LogP contribution in [0, 0.1) is 0 Å². The normalized spacial score (nSPS) is 11.9. The van der Waals surface area contributed by atoms with Crippen molar-refractivity contribution in [3.8, 4) is 5.75 Å². The quantitative estimate of drug-likeness (QED) is 0.474. The van der Waals surface area contributed by atoms with Crippen molar-refractivity contribution in [2.45, 2.75) is 18.7 Å². The number of halogens is 1. The molecule has 86 valence electrons. The lowest BCUT2D eigenvalue weighted by atomic mass is 10.0. The first kappa shape index (κ1) is 12.9. The summed E-state index contributed by atoms with van der Waals surface area (Å²) in [7, 11) is 0. The molecular weight excluding hydrogens is 272 g/mol. The third-order valence-electron chi connectivity index (χ3n) is 2.09. The van der Waals surface area contributed by atoms with E-state index in [1.165, 1.54) is 0 Å². The van der Waals surface area contributed by atoms with Crippen molar-refractivity contribution in [1.82, 2.24) is 0 Å². The van der Waals surface area contributed by atoms with Crippen LogP contribution < -0.4 is 4.74 Å². The zero-order chi connectivity index (χ0) is 12.1. The second kappa shape index (κ2) is 5.80. The Labute approximate surface area is 103 Å². The third kappa shape index (κ3) is 2.70. The SMILES string of the molecule is CCOc1cccc(C=O)c1C(=O)C(C)Br. The number of benzene rings is 1. The highest BCUT2D eigenvalue weighted by atomic mass is 79.9. The molecule has 0 heterocycles. The standard InChI is InChI=1S/C12H13BrO3/c1-3-16-10-6-4-5-9(7-14)11(10)12(15)8(2)13/h4-8H,3H2,1-2H3. The third-order valence-corrected chi connectivity index (χ3v) is 2.51. The largest absolute Gasteiger partial charge is 0.493 e. The van der Waals surface area contributed by atoms with Crippen LogP contribution in [-0.2, 0) is 0 Å². The van der Waals surface area contributed by atoms with Gasteiger partial charge in [-0.3, -0.25) is 9.59 Å². The molecule has 0 radical (unpaired) electrons. The van der Waals surface area contributed by atoms with Crippen LogP contribution in [0.1, 0.15) is 34.6 Å². The molecule has 0 N–H and O–H groups in total. The van der Waals surface area contributed by atoms with Crippen molar-refractivity contribution in [2.75, 3.05) is 6.61 Å². The lowest BCUT2D eigenvalue weighted by Gasteiger charge is -2.12. The van der Waals surface area contributed by atoms with E-state index in [1.54, 1.807) is 25.1 Å². The lowest BCUT2D eigenvalue weighted by molar-refractivity contribution is 0.0985. The topological polar surface area (TPSA) is 43.4 Å². The molecule has 1 rings (SSSR count). The van der Waals surface area contributed by atoms with Gasteiger partial charge in [0, 0.05) is 5.56 Å². The van der Waals surface area contributed by atoms with Gasteiger partial charge in [-0.15, -0.1) is 0 Å². The molecule has 1 atom stereocenters. The van der Waals surface area contributed by atoms with Crippen molar-refractivity contribution in [3.63, 3.8) is 0 Å². The molecular formula is C12H13BrO3. The molecule has 0 fully saturated rings. The predicted molar refractivity (Wildman–Crippen MR) is 65.7 cm³/mol. The Balaban J connectivity index is 3.29. The Bertz CT molecular complexity index is 399. The van der Waals surface area contributed by atoms with Crippen LogP contribution in [0.2, 0.25) is 0 Å². The highest BCUT2D eigenvalue weighted by Crippen LogP contribution is 2.24. The van der Waals surface area contributed by atoms with E-state index in [2.05, 4.69) is 15.9 Å². The first-order chi connectivity index (χ1) is 7.61. The summed E-state index contributed by atoms with van der Waals surface area (Å²) in [6, 6.07) is 5.00. The van der Waals surface area contributed by atoms with Crippen LogP contribution in [0.4, 0.5) is 0 Å². The van der Waals surface area contributed by atoms with Gasteiger partial charge in [0.15, 0.2) is 12.1 Å². The molecule has 0 aliphatic rings. The van der Waals surface area contributed by atoms with Gasteiger partial charge in [0.1, 0.15) is 5.75 Å². The van der Waals surface area contributed by atoms with Gasteiger partial charge in [-0.25, -0.2) is 0 Å². The van der Waals surface area contributed by atoms with Gasteiger partial charge in [-0.2, -0.15) is 0 Å². The summed E-state index contributed by atoms with van der Waals surface area (Å²) >= 11 is 3.20. The smallest absolute Gasteiger partial charge is 0.180 e. The van der Waals surface area contributed by atoms with E-state index < -0.39 is 0 Å². The first-order valence-corrected chi connectivity index (χ1v) is 5.92. The summed E-state index contributed by atoms with van der Waals surface area (Å²) in [4.78, 5) is 22.5. The molecule has 0 aliphatic carbocycles. The van der Waals surface area contributed by atoms with Gasteiger partial charge in [0.25, 0.3) is 0 Å². The highest BCUT2D eigenvalue weighted by molar-refractivity contribution is 9.10. The van der Waals surface area contributed by atoms with Crippen molar-refractivity contribution >= 4 is 28.0 Å². The fourth-order valence-electron chi connectivity index (χ4n) is 1.38. The molecule has 0 saturated heterocycles. The molecule has 4 heteroatoms. The Morgan fingerprint density at radius 3 is 2.75 bits per heavy atom. The number of hydrogen-bond acceptors (Lipinski definition) is 3. The Morgan fingerprint density at radius 2 is 2.25 bits per heavy atom. The van der Waals surface area contributed by atoms with Crippen LogP contribution in [-0.4, -0.2) is 23.5 Å². The molecule has 0 amide bonds. The Hall–Kier alpha value is -1.16. The molecule has 0 aliphatic heterocycles. The molecule has 0 spiro atoms. The second-order valence-corrected chi connectivity index (χ2v) is 4.63. The van der Waals surface area contributed by atoms with Crippen LogP contribution in [0.15, 0.2) is 18.2 Å². The van der Waals surface area contributed by atoms with E-state index in [-0.39, 0.29) is 10.6 Å². The van der Waals surface area contributed by atoms with Crippen molar-refractivity contribution < 1.29 is 14.3 Å². The van der Waals surface area contributed by atoms with E-state index in [9.17, 15) is 9.59 Å². The fraction of sp³-hybridized carbons (Fsp3) is 0.333. The van der Waals surface area contributed by atoms with Crippen LogP contribution >= 0.6 is 15.9 Å². The maximum atomic E-state index is 11.9. The summed E-state index contributed by atoms with van der Waals surface area (Å²) in [5, 5.41) is 0. The van der Waals surface area contributed by atoms with Gasteiger partial charge < -0.3 is 4.74 Å². The number of ketones is 1. The lowest BCUT2D eigenvalue weighted by Crippen LogP contribution is -2.14. The van der Waals surface area contributed by atoms with Crippen molar-refractivity contribution in [3.05, 3.63) is 29.3 Å². The van der Waals surface area contributed by atoms with Crippen LogP contribution in [0.5, 0.6) is 5.75 Å². The van der Waals surface area contributed by atoms with Crippen LogP contribution in [0.3, 0.4) is 0 Å². The number of Topliss-reactive ketones (excluding diaryl/α,β-unsaturated/α-hetero) is 1. The van der Waals surface area contributed by atoms with E-state index in [0.717, 1.165) is 0 Å². The molecule has 1 unspecified atom stereocenters. The zero-order valence-electron chi connectivity index (χ0n) is 9.20. The predicted octanol–water partition coefficient (Wildman–Crippen LogP) is 2.86. The molecule has 0 aromatic heterocycles. The minimum atomic E-state index is -0.340. The van der Waals surface area contributed by atoms with Crippen LogP contribution in [0.25, 0.3) is 0 Å². The summed E-state index contributed by atoms with van der Waals surface area (Å²) in [5.74, 6) is 0.314. The molecule has 0 saturated carbocycles. The van der Waals surface area contributed by atoms with Gasteiger partial charge >= 0.3 is 0 Å². The number of rotatable bonds is 5. The average molecular weight is 285 g/mol. The second-order valence-electron chi connectivity index (χ2n) is 3.25. The van der Waals surface area contributed by atoms with Crippen molar-refractivity contribution in [1.29, 1.82) is 0 Å². The maximum Gasteiger partial charge on any atom is 0.180 e. The molecule has 1 aromatic rings. The molecule has 0 bridgehead atoms. The summed E-state index contributed by atoms with van der Waals surface area (Å²) < 4.78 is 5.35. The molecule has 1 aromatic carbocycles. The zero-order valence-corrected chi connectivity index (χ0v) is 10.8. The average Bonchev–Trinajstić information content (AvgIpc) is 2.28. The minimum Gasteiger partial charge on any atom is -0.493 e. The van der Waals surface area contributed by atoms with E-state index in [0.29, 0.717) is 29.8 Å². The minimum absolute atomic E-state index is 0.147.